The Kier molecular flexibility index (Phi) is 5.05. The van der Waals surface area contributed by atoms with E-state index in [1.807, 2.05) is 12.1 Å². The fourth-order valence-corrected chi connectivity index (χ4v) is 1.42. The number of alkyl halides is 1. The van der Waals surface area contributed by atoms with Gasteiger partial charge in [-0.1, -0.05) is 24.4 Å². The molecule has 0 atom stereocenters. The van der Waals surface area contributed by atoms with E-state index in [-0.39, 0.29) is 12.6 Å². The van der Waals surface area contributed by atoms with Crippen molar-refractivity contribution in [1.82, 2.24) is 5.32 Å². The number of thiocarbonyl (C=S) groups is 1. The molecule has 0 aromatic heterocycles. The number of hydrogen-bond donors (Lipinski definition) is 1. The summed E-state index contributed by atoms with van der Waals surface area (Å²) in [5.74, 6) is -0.204. The van der Waals surface area contributed by atoms with E-state index in [0.717, 1.165) is 5.56 Å². The van der Waals surface area contributed by atoms with Crippen LogP contribution in [0.3, 0.4) is 0 Å². The zero-order chi connectivity index (χ0) is 12.0. The number of aryl methyl sites for hydroxylation is 1. The van der Waals surface area contributed by atoms with Gasteiger partial charge < -0.3 is 5.32 Å². The molecule has 0 aliphatic carbocycles. The van der Waals surface area contributed by atoms with Crippen molar-refractivity contribution >= 4 is 23.1 Å². The molecular weight excluding hydrogens is 225 g/mol. The third-order valence-corrected chi connectivity index (χ3v) is 2.21. The Hall–Kier alpha value is -1.29. The summed E-state index contributed by atoms with van der Waals surface area (Å²) in [6.07, 6.45) is 1.22. The van der Waals surface area contributed by atoms with Crippen molar-refractivity contribution in [1.29, 1.82) is 0 Å². The molecule has 0 unspecified atom stereocenters. The van der Waals surface area contributed by atoms with E-state index in [9.17, 15) is 9.18 Å². The van der Waals surface area contributed by atoms with Crippen LogP contribution in [-0.4, -0.2) is 17.6 Å². The van der Waals surface area contributed by atoms with Gasteiger partial charge in [-0.3, -0.25) is 9.18 Å². The number of carbonyl (C=O) groups is 1. The molecule has 0 spiro atoms. The third kappa shape index (κ3) is 4.06. The summed E-state index contributed by atoms with van der Waals surface area (Å²) in [6, 6.07) is 7.12. The van der Waals surface area contributed by atoms with Gasteiger partial charge in [0.2, 0.25) is 0 Å². The summed E-state index contributed by atoms with van der Waals surface area (Å²) in [5.41, 5.74) is 1.60. The highest BCUT2D eigenvalue weighted by Crippen LogP contribution is 2.07. The van der Waals surface area contributed by atoms with Crippen molar-refractivity contribution in [2.75, 3.05) is 6.67 Å². The monoisotopic (exact) mass is 239 g/mol. The fraction of sp³-hybridized carbons (Fsp3) is 0.333. The summed E-state index contributed by atoms with van der Waals surface area (Å²) >= 11 is 4.78. The fourth-order valence-electron chi connectivity index (χ4n) is 1.33. The first-order valence-corrected chi connectivity index (χ1v) is 5.51. The Morgan fingerprint density at radius 2 is 2.00 bits per heavy atom. The Labute approximate surface area is 99.9 Å². The van der Waals surface area contributed by atoms with Gasteiger partial charge in [-0.2, -0.15) is 0 Å². The minimum Gasteiger partial charge on any atom is -0.317 e. The maximum absolute atomic E-state index is 12.0. The Balaban J connectivity index is 2.63. The minimum absolute atomic E-state index is 0.204. The first kappa shape index (κ1) is 12.8. The van der Waals surface area contributed by atoms with Gasteiger partial charge in [-0.25, -0.2) is 0 Å². The summed E-state index contributed by atoms with van der Waals surface area (Å²) in [5, 5.41) is 2.55. The van der Waals surface area contributed by atoms with Crippen LogP contribution in [0.25, 0.3) is 0 Å². The quantitative estimate of drug-likeness (QED) is 0.818. The molecule has 16 heavy (non-hydrogen) atoms. The molecule has 0 fully saturated rings. The molecule has 86 valence electrons. The van der Waals surface area contributed by atoms with Gasteiger partial charge in [0, 0.05) is 5.56 Å². The Morgan fingerprint density at radius 1 is 1.38 bits per heavy atom. The number of benzene rings is 1. The van der Waals surface area contributed by atoms with Gasteiger partial charge in [0.25, 0.3) is 5.91 Å². The normalized spacial score (nSPS) is 9.88. The van der Waals surface area contributed by atoms with Gasteiger partial charge >= 0.3 is 0 Å². The molecule has 2 nitrogen and oxygen atoms in total. The van der Waals surface area contributed by atoms with Crippen LogP contribution in [-0.2, 0) is 6.42 Å². The number of hydrogen-bond acceptors (Lipinski definition) is 2. The van der Waals surface area contributed by atoms with Crippen LogP contribution in [0.4, 0.5) is 4.39 Å². The number of carbonyl (C=O) groups excluding carboxylic acids is 1. The maximum atomic E-state index is 12.0. The molecule has 0 heterocycles. The highest BCUT2D eigenvalue weighted by molar-refractivity contribution is 7.80. The lowest BCUT2D eigenvalue weighted by molar-refractivity contribution is 0.0977. The van der Waals surface area contributed by atoms with Gasteiger partial charge in [-0.05, 0) is 37.5 Å². The molecule has 4 heteroatoms. The smallest absolute Gasteiger partial charge is 0.256 e. The van der Waals surface area contributed by atoms with Crippen LogP contribution in [0.2, 0.25) is 0 Å². The van der Waals surface area contributed by atoms with E-state index in [2.05, 4.69) is 5.32 Å². The van der Waals surface area contributed by atoms with E-state index in [4.69, 9.17) is 12.2 Å². The van der Waals surface area contributed by atoms with Crippen molar-refractivity contribution in [3.05, 3.63) is 35.4 Å². The van der Waals surface area contributed by atoms with Gasteiger partial charge in [0.05, 0.1) is 11.7 Å². The molecule has 0 radical (unpaired) electrons. The lowest BCUT2D eigenvalue weighted by Gasteiger charge is -2.04. The SMILES string of the molecule is CC(=S)NC(=O)c1ccc(CCCF)cc1. The van der Waals surface area contributed by atoms with Crippen molar-refractivity contribution < 1.29 is 9.18 Å². The predicted molar refractivity (Wildman–Crippen MR) is 66.5 cm³/mol. The van der Waals surface area contributed by atoms with Crippen molar-refractivity contribution in [2.45, 2.75) is 19.8 Å². The minimum atomic E-state index is -0.313. The molecule has 0 saturated carbocycles. The zero-order valence-corrected chi connectivity index (χ0v) is 9.94. The van der Waals surface area contributed by atoms with Crippen molar-refractivity contribution in [2.24, 2.45) is 0 Å². The lowest BCUT2D eigenvalue weighted by Crippen LogP contribution is -2.26. The summed E-state index contributed by atoms with van der Waals surface area (Å²) < 4.78 is 12.0. The van der Waals surface area contributed by atoms with E-state index in [0.29, 0.717) is 23.4 Å². The van der Waals surface area contributed by atoms with Crippen molar-refractivity contribution in [3.8, 4) is 0 Å². The van der Waals surface area contributed by atoms with E-state index < -0.39 is 0 Å². The summed E-state index contributed by atoms with van der Waals surface area (Å²) in [4.78, 5) is 12.0. The van der Waals surface area contributed by atoms with Crippen LogP contribution in [0.15, 0.2) is 24.3 Å². The molecule has 1 aromatic rings. The number of rotatable bonds is 4. The highest BCUT2D eigenvalue weighted by Gasteiger charge is 2.04. The topological polar surface area (TPSA) is 29.1 Å². The number of amides is 1. The number of nitrogens with one attached hydrogen (secondary N) is 1. The highest BCUT2D eigenvalue weighted by atomic mass is 32.1. The van der Waals surface area contributed by atoms with Crippen molar-refractivity contribution in [3.63, 3.8) is 0 Å². The molecule has 1 N–H and O–H groups in total. The van der Waals surface area contributed by atoms with Crippen LogP contribution in [0.5, 0.6) is 0 Å². The zero-order valence-electron chi connectivity index (χ0n) is 9.13. The molecular formula is C12H14FNOS. The average molecular weight is 239 g/mol. The molecule has 0 bridgehead atoms. The molecule has 1 rings (SSSR count). The third-order valence-electron chi connectivity index (χ3n) is 2.10. The molecule has 0 aliphatic heterocycles. The van der Waals surface area contributed by atoms with E-state index in [1.165, 1.54) is 0 Å². The molecule has 1 amide bonds. The van der Waals surface area contributed by atoms with Crippen LogP contribution >= 0.6 is 12.2 Å². The van der Waals surface area contributed by atoms with E-state index in [1.54, 1.807) is 19.1 Å². The molecule has 0 saturated heterocycles. The first-order valence-electron chi connectivity index (χ1n) is 5.10. The number of halogens is 1. The second-order valence-corrected chi connectivity index (χ2v) is 4.11. The second-order valence-electron chi connectivity index (χ2n) is 3.50. The summed E-state index contributed by atoms with van der Waals surface area (Å²) in [7, 11) is 0. The maximum Gasteiger partial charge on any atom is 0.256 e. The Morgan fingerprint density at radius 3 is 2.50 bits per heavy atom. The van der Waals surface area contributed by atoms with Crippen LogP contribution in [0.1, 0.15) is 29.3 Å². The Bertz CT molecular complexity index is 375. The lowest BCUT2D eigenvalue weighted by atomic mass is 10.1. The molecule has 0 aliphatic rings. The second kappa shape index (κ2) is 6.33. The first-order chi connectivity index (χ1) is 7.63. The summed E-state index contributed by atoms with van der Waals surface area (Å²) in [6.45, 7) is 1.34. The predicted octanol–water partition coefficient (Wildman–Crippen LogP) is 2.67. The standard InChI is InChI=1S/C12H14FNOS/c1-9(16)14-12(15)11-6-4-10(5-7-11)3-2-8-13/h4-7H,2-3,8H2,1H3,(H,14,15,16). The van der Waals surface area contributed by atoms with Gasteiger partial charge in [0.15, 0.2) is 0 Å². The average Bonchev–Trinajstić information content (AvgIpc) is 2.26. The van der Waals surface area contributed by atoms with Gasteiger partial charge in [0.1, 0.15) is 0 Å². The molecule has 1 aromatic carbocycles. The van der Waals surface area contributed by atoms with Crippen LogP contribution in [0, 0.1) is 0 Å². The largest absolute Gasteiger partial charge is 0.317 e. The van der Waals surface area contributed by atoms with Crippen LogP contribution < -0.4 is 5.32 Å². The van der Waals surface area contributed by atoms with Gasteiger partial charge in [-0.15, -0.1) is 0 Å². The van der Waals surface area contributed by atoms with E-state index >= 15 is 0 Å².